The molecule has 0 bridgehead atoms. The van der Waals surface area contributed by atoms with Gasteiger partial charge in [-0.2, -0.15) is 0 Å². The third kappa shape index (κ3) is 68.7. The van der Waals surface area contributed by atoms with Crippen molar-refractivity contribution in [2.75, 3.05) is 13.2 Å². The van der Waals surface area contributed by atoms with Crippen LogP contribution in [0.4, 0.5) is 0 Å². The van der Waals surface area contributed by atoms with E-state index in [-0.39, 0.29) is 31.1 Å². The fourth-order valence-electron chi connectivity index (χ4n) is 9.94. The zero-order valence-corrected chi connectivity index (χ0v) is 54.7. The molecule has 0 fully saturated rings. The number of hydrogen-bond acceptors (Lipinski definition) is 6. The minimum atomic E-state index is -0.789. The van der Waals surface area contributed by atoms with Crippen LogP contribution in [-0.2, 0) is 28.6 Å². The van der Waals surface area contributed by atoms with Gasteiger partial charge in [0, 0.05) is 19.3 Å². The van der Waals surface area contributed by atoms with E-state index in [9.17, 15) is 14.4 Å². The summed E-state index contributed by atoms with van der Waals surface area (Å²) >= 11 is 0. The normalized spacial score (nSPS) is 12.8. The molecule has 0 aliphatic heterocycles. The molecule has 6 heteroatoms. The van der Waals surface area contributed by atoms with Gasteiger partial charge in [-0.3, -0.25) is 14.4 Å². The van der Waals surface area contributed by atoms with Crippen LogP contribution in [0.3, 0.4) is 0 Å². The van der Waals surface area contributed by atoms with Gasteiger partial charge in [0.05, 0.1) is 0 Å². The molecule has 0 saturated carbocycles. The van der Waals surface area contributed by atoms with Crippen molar-refractivity contribution in [1.29, 1.82) is 0 Å². The molecule has 0 aliphatic carbocycles. The molecule has 0 spiro atoms. The Morgan fingerprint density at radius 3 is 0.735 bits per heavy atom. The summed E-state index contributed by atoms with van der Waals surface area (Å²) in [7, 11) is 0. The second-order valence-electron chi connectivity index (χ2n) is 23.4. The Labute approximate surface area is 514 Å². The van der Waals surface area contributed by atoms with Crippen LogP contribution < -0.4 is 0 Å². The van der Waals surface area contributed by atoms with Gasteiger partial charge in [0.1, 0.15) is 13.2 Å². The third-order valence-corrected chi connectivity index (χ3v) is 15.2. The number of allylic oxidation sites excluding steroid dienone is 18. The van der Waals surface area contributed by atoms with Gasteiger partial charge in [0.25, 0.3) is 0 Å². The minimum Gasteiger partial charge on any atom is -0.462 e. The number of carbonyl (C=O) groups is 3. The lowest BCUT2D eigenvalue weighted by Gasteiger charge is -2.18. The smallest absolute Gasteiger partial charge is 0.306 e. The van der Waals surface area contributed by atoms with E-state index in [4.69, 9.17) is 14.2 Å². The fraction of sp³-hybridized carbons (Fsp3) is 0.727. The quantitative estimate of drug-likeness (QED) is 0.0261. The maximum Gasteiger partial charge on any atom is 0.306 e. The number of ether oxygens (including phenoxy) is 3. The molecule has 0 radical (unpaired) electrons. The highest BCUT2D eigenvalue weighted by molar-refractivity contribution is 5.71. The van der Waals surface area contributed by atoms with Crippen molar-refractivity contribution < 1.29 is 28.6 Å². The first-order valence-electron chi connectivity index (χ1n) is 35.4. The van der Waals surface area contributed by atoms with Gasteiger partial charge in [0.15, 0.2) is 6.10 Å². The summed E-state index contributed by atoms with van der Waals surface area (Å²) in [5, 5.41) is 0. The SMILES string of the molecule is CC/C=C\C/C=C\C/C=C\C/C=C\C/C=C\CCCCCCCCCCCCCCCC(=O)OCC(COC(=O)CCCCCCCCC/C=C\C/C=C\CCCCCC)OC(=O)CCCCCCCCC/C=C\C/C=C\CCCCCC. The van der Waals surface area contributed by atoms with Crippen LogP contribution >= 0.6 is 0 Å². The molecule has 1 atom stereocenters. The average Bonchev–Trinajstić information content (AvgIpc) is 3.49. The van der Waals surface area contributed by atoms with Crippen LogP contribution in [0.25, 0.3) is 0 Å². The summed E-state index contributed by atoms with van der Waals surface area (Å²) in [6, 6.07) is 0. The molecule has 0 aliphatic rings. The summed E-state index contributed by atoms with van der Waals surface area (Å²) in [6.07, 6.45) is 96.7. The van der Waals surface area contributed by atoms with E-state index in [1.54, 1.807) is 0 Å². The van der Waals surface area contributed by atoms with Crippen molar-refractivity contribution in [3.8, 4) is 0 Å². The van der Waals surface area contributed by atoms with Crippen LogP contribution in [0, 0.1) is 0 Å². The lowest BCUT2D eigenvalue weighted by molar-refractivity contribution is -0.167. The van der Waals surface area contributed by atoms with Gasteiger partial charge in [-0.1, -0.05) is 304 Å². The molecule has 0 rings (SSSR count). The monoisotopic (exact) mass is 1150 g/mol. The Bertz CT molecular complexity index is 1660. The van der Waals surface area contributed by atoms with Gasteiger partial charge in [0.2, 0.25) is 0 Å². The van der Waals surface area contributed by atoms with Crippen molar-refractivity contribution in [1.82, 2.24) is 0 Å². The summed E-state index contributed by atoms with van der Waals surface area (Å²) in [5.41, 5.74) is 0. The van der Waals surface area contributed by atoms with Crippen molar-refractivity contribution in [3.63, 3.8) is 0 Å². The van der Waals surface area contributed by atoms with Crippen LogP contribution in [0.15, 0.2) is 109 Å². The second kappa shape index (κ2) is 70.6. The molecule has 0 amide bonds. The van der Waals surface area contributed by atoms with Gasteiger partial charge in [-0.15, -0.1) is 0 Å². The van der Waals surface area contributed by atoms with Gasteiger partial charge in [-0.05, 0) is 128 Å². The zero-order valence-electron chi connectivity index (χ0n) is 54.7. The van der Waals surface area contributed by atoms with Gasteiger partial charge >= 0.3 is 17.9 Å². The zero-order chi connectivity index (χ0) is 59.9. The largest absolute Gasteiger partial charge is 0.462 e. The molecule has 0 heterocycles. The standard InChI is InChI=1S/C77H132O6/c1-4-7-10-13-16-19-22-25-28-31-34-35-36-37-38-39-40-41-42-43-44-47-49-52-55-58-61-64-67-70-76(79)82-73-74(83-77(80)71-68-65-62-59-56-53-50-46-33-30-27-24-21-18-15-12-9-6-3)72-81-75(78)69-66-63-60-57-54-51-48-45-32-29-26-23-20-17-14-11-8-5-2/h7,10,16,19-21,23-25,28-30,32-35,37-38,74H,4-6,8-9,11-15,17-18,22,26-27,31,36,39-73H2,1-3H3/b10-7-,19-16-,23-20-,24-21-,28-25-,32-29-,33-30-,35-34-,38-37-. The highest BCUT2D eigenvalue weighted by atomic mass is 16.6. The van der Waals surface area contributed by atoms with Gasteiger partial charge in [-0.25, -0.2) is 0 Å². The third-order valence-electron chi connectivity index (χ3n) is 15.2. The van der Waals surface area contributed by atoms with Crippen molar-refractivity contribution in [3.05, 3.63) is 109 Å². The predicted octanol–water partition coefficient (Wildman–Crippen LogP) is 24.6. The number of unbranched alkanes of at least 4 members (excludes halogenated alkanes) is 35. The highest BCUT2D eigenvalue weighted by Crippen LogP contribution is 2.17. The molecule has 6 nitrogen and oxygen atoms in total. The van der Waals surface area contributed by atoms with Crippen LogP contribution in [0.5, 0.6) is 0 Å². The van der Waals surface area contributed by atoms with E-state index < -0.39 is 6.10 Å². The van der Waals surface area contributed by atoms with Crippen molar-refractivity contribution in [2.24, 2.45) is 0 Å². The molecular formula is C77H132O6. The molecular weight excluding hydrogens is 1020 g/mol. The molecule has 0 saturated heterocycles. The Balaban J connectivity index is 4.33. The van der Waals surface area contributed by atoms with Crippen molar-refractivity contribution in [2.45, 2.75) is 348 Å². The number of carbonyl (C=O) groups excluding carboxylic acids is 3. The Kier molecular flexibility index (Phi) is 67.2. The first-order valence-corrected chi connectivity index (χ1v) is 35.4. The number of hydrogen-bond donors (Lipinski definition) is 0. The summed E-state index contributed by atoms with van der Waals surface area (Å²) in [4.78, 5) is 38.5. The second-order valence-corrected chi connectivity index (χ2v) is 23.4. The lowest BCUT2D eigenvalue weighted by Crippen LogP contribution is -2.30. The molecule has 0 aromatic rings. The van der Waals surface area contributed by atoms with E-state index >= 15 is 0 Å². The van der Waals surface area contributed by atoms with Crippen LogP contribution in [0.2, 0.25) is 0 Å². The van der Waals surface area contributed by atoms with E-state index in [0.29, 0.717) is 19.3 Å². The number of esters is 3. The van der Waals surface area contributed by atoms with E-state index in [1.165, 1.54) is 186 Å². The first-order chi connectivity index (χ1) is 41.0. The summed E-state index contributed by atoms with van der Waals surface area (Å²) < 4.78 is 17.0. The maximum atomic E-state index is 13.0. The van der Waals surface area contributed by atoms with Gasteiger partial charge < -0.3 is 14.2 Å². The first kappa shape index (κ1) is 79.1. The fourth-order valence-corrected chi connectivity index (χ4v) is 9.94. The molecule has 476 valence electrons. The van der Waals surface area contributed by atoms with E-state index in [1.807, 2.05) is 0 Å². The predicted molar refractivity (Wildman–Crippen MR) is 362 cm³/mol. The molecule has 0 aromatic heterocycles. The topological polar surface area (TPSA) is 78.9 Å². The Morgan fingerprint density at radius 2 is 0.470 bits per heavy atom. The molecule has 0 N–H and O–H groups in total. The van der Waals surface area contributed by atoms with Crippen molar-refractivity contribution >= 4 is 17.9 Å². The Morgan fingerprint density at radius 1 is 0.253 bits per heavy atom. The Hall–Kier alpha value is -3.93. The summed E-state index contributed by atoms with van der Waals surface area (Å²) in [5.74, 6) is -0.886. The van der Waals surface area contributed by atoms with Crippen LogP contribution in [0.1, 0.15) is 342 Å². The highest BCUT2D eigenvalue weighted by Gasteiger charge is 2.19. The average molecular weight is 1150 g/mol. The van der Waals surface area contributed by atoms with E-state index in [0.717, 1.165) is 116 Å². The molecule has 83 heavy (non-hydrogen) atoms. The van der Waals surface area contributed by atoms with E-state index in [2.05, 4.69) is 130 Å². The number of rotatable bonds is 64. The summed E-state index contributed by atoms with van der Waals surface area (Å²) in [6.45, 7) is 6.52. The lowest BCUT2D eigenvalue weighted by atomic mass is 10.0. The molecule has 1 unspecified atom stereocenters. The van der Waals surface area contributed by atoms with Crippen LogP contribution in [-0.4, -0.2) is 37.2 Å². The molecule has 0 aromatic carbocycles. The maximum absolute atomic E-state index is 13.0. The minimum absolute atomic E-state index is 0.0833.